The molecule has 7 nitrogen and oxygen atoms in total. The minimum absolute atomic E-state index is 0.201. The zero-order valence-corrected chi connectivity index (χ0v) is 18.5. The molecule has 31 heavy (non-hydrogen) atoms. The summed E-state index contributed by atoms with van der Waals surface area (Å²) in [5.41, 5.74) is 2.61. The maximum Gasteiger partial charge on any atom is 0.331 e. The highest BCUT2D eigenvalue weighted by Crippen LogP contribution is 2.27. The summed E-state index contributed by atoms with van der Waals surface area (Å²) in [5.74, 6) is -0.904. The van der Waals surface area contributed by atoms with Crippen molar-refractivity contribution in [1.29, 1.82) is 0 Å². The Morgan fingerprint density at radius 3 is 2.42 bits per heavy atom. The van der Waals surface area contributed by atoms with Gasteiger partial charge in [-0.25, -0.2) is 13.2 Å². The average Bonchev–Trinajstić information content (AvgIpc) is 3.21. The van der Waals surface area contributed by atoms with Gasteiger partial charge >= 0.3 is 5.97 Å². The van der Waals surface area contributed by atoms with E-state index in [9.17, 15) is 18.0 Å². The fraction of sp³-hybridized carbons (Fsp3) is 0.304. The lowest BCUT2D eigenvalue weighted by Crippen LogP contribution is -2.33. The van der Waals surface area contributed by atoms with Crippen LogP contribution < -0.4 is 4.90 Å². The highest BCUT2D eigenvalue weighted by molar-refractivity contribution is 7.89. The Kier molecular flexibility index (Phi) is 7.25. The number of amides is 1. The largest absolute Gasteiger partial charge is 0.452 e. The molecule has 0 saturated carbocycles. The van der Waals surface area contributed by atoms with Crippen LogP contribution in [0, 0.1) is 0 Å². The van der Waals surface area contributed by atoms with Crippen LogP contribution in [0.2, 0.25) is 0 Å². The van der Waals surface area contributed by atoms with E-state index in [-0.39, 0.29) is 17.4 Å². The molecule has 164 valence electrons. The summed E-state index contributed by atoms with van der Waals surface area (Å²) in [7, 11) is -3.52. The van der Waals surface area contributed by atoms with E-state index >= 15 is 0 Å². The smallest absolute Gasteiger partial charge is 0.331 e. The zero-order chi connectivity index (χ0) is 22.4. The van der Waals surface area contributed by atoms with Crippen LogP contribution in [0.25, 0.3) is 6.08 Å². The van der Waals surface area contributed by atoms with E-state index in [1.54, 1.807) is 30.9 Å². The lowest BCUT2D eigenvalue weighted by Gasteiger charge is -2.18. The van der Waals surface area contributed by atoms with Crippen LogP contribution in [-0.2, 0) is 30.8 Å². The second-order valence-electron chi connectivity index (χ2n) is 7.02. The summed E-state index contributed by atoms with van der Waals surface area (Å²) in [5, 5.41) is 0. The summed E-state index contributed by atoms with van der Waals surface area (Å²) in [6, 6.07) is 13.9. The van der Waals surface area contributed by atoms with Crippen LogP contribution >= 0.6 is 0 Å². The molecule has 2 aromatic rings. The van der Waals surface area contributed by atoms with Gasteiger partial charge in [-0.1, -0.05) is 44.2 Å². The summed E-state index contributed by atoms with van der Waals surface area (Å²) in [4.78, 5) is 26.2. The van der Waals surface area contributed by atoms with E-state index in [0.717, 1.165) is 17.7 Å². The number of rotatable bonds is 8. The third kappa shape index (κ3) is 5.21. The lowest BCUT2D eigenvalue weighted by molar-refractivity contribution is -0.142. The number of para-hydroxylation sites is 1. The molecule has 0 aliphatic carbocycles. The van der Waals surface area contributed by atoms with Crippen LogP contribution in [-0.4, -0.2) is 50.8 Å². The van der Waals surface area contributed by atoms with Crippen LogP contribution in [0.1, 0.15) is 25.0 Å². The third-order valence-corrected chi connectivity index (χ3v) is 7.23. The first-order chi connectivity index (χ1) is 14.9. The van der Waals surface area contributed by atoms with Gasteiger partial charge < -0.3 is 9.64 Å². The summed E-state index contributed by atoms with van der Waals surface area (Å²) >= 11 is 0. The summed E-state index contributed by atoms with van der Waals surface area (Å²) < 4.78 is 31.5. The summed E-state index contributed by atoms with van der Waals surface area (Å²) in [6.45, 7) is 4.61. The second kappa shape index (κ2) is 9.89. The Morgan fingerprint density at radius 1 is 1.06 bits per heavy atom. The number of benzene rings is 2. The molecule has 0 spiro atoms. The van der Waals surface area contributed by atoms with E-state index in [4.69, 9.17) is 4.74 Å². The van der Waals surface area contributed by atoms with Gasteiger partial charge in [-0.2, -0.15) is 4.31 Å². The Hall–Kier alpha value is -2.97. The number of esters is 1. The average molecular weight is 443 g/mol. The van der Waals surface area contributed by atoms with Crippen LogP contribution in [0.15, 0.2) is 59.5 Å². The molecule has 1 amide bonds. The first kappa shape index (κ1) is 22.7. The Balaban J connectivity index is 1.55. The van der Waals surface area contributed by atoms with Gasteiger partial charge in [-0.3, -0.25) is 4.79 Å². The van der Waals surface area contributed by atoms with Crippen molar-refractivity contribution < 1.29 is 22.7 Å². The molecular weight excluding hydrogens is 416 g/mol. The van der Waals surface area contributed by atoms with Crippen molar-refractivity contribution in [3.8, 4) is 0 Å². The van der Waals surface area contributed by atoms with E-state index in [0.29, 0.717) is 25.2 Å². The van der Waals surface area contributed by atoms with Crippen molar-refractivity contribution in [3.63, 3.8) is 0 Å². The van der Waals surface area contributed by atoms with E-state index in [1.165, 1.54) is 28.6 Å². The Labute approximate surface area is 183 Å². The topological polar surface area (TPSA) is 84.0 Å². The van der Waals surface area contributed by atoms with Gasteiger partial charge in [0.2, 0.25) is 10.0 Å². The monoisotopic (exact) mass is 442 g/mol. The molecule has 0 saturated heterocycles. The highest BCUT2D eigenvalue weighted by Gasteiger charge is 2.24. The van der Waals surface area contributed by atoms with Crippen molar-refractivity contribution in [2.75, 3.05) is 31.1 Å². The predicted octanol–water partition coefficient (Wildman–Crippen LogP) is 2.86. The lowest BCUT2D eigenvalue weighted by atomic mass is 10.2. The molecule has 1 aliphatic rings. The normalized spacial score (nSPS) is 13.6. The Bertz CT molecular complexity index is 1070. The number of carbonyl (C=O) groups excluding carboxylic acids is 2. The highest BCUT2D eigenvalue weighted by atomic mass is 32.2. The fourth-order valence-corrected chi connectivity index (χ4v) is 4.94. The number of carbonyl (C=O) groups is 2. The van der Waals surface area contributed by atoms with Crippen molar-refractivity contribution in [3.05, 3.63) is 65.7 Å². The molecule has 1 aliphatic heterocycles. The minimum Gasteiger partial charge on any atom is -0.452 e. The molecule has 0 aromatic heterocycles. The number of hydrogen-bond donors (Lipinski definition) is 0. The molecule has 0 unspecified atom stereocenters. The van der Waals surface area contributed by atoms with Crippen LogP contribution in [0.3, 0.4) is 0 Å². The van der Waals surface area contributed by atoms with Crippen molar-refractivity contribution >= 4 is 33.7 Å². The Morgan fingerprint density at radius 2 is 1.74 bits per heavy atom. The number of hydrogen-bond acceptors (Lipinski definition) is 5. The van der Waals surface area contributed by atoms with Crippen LogP contribution in [0.5, 0.6) is 0 Å². The van der Waals surface area contributed by atoms with Crippen molar-refractivity contribution in [2.24, 2.45) is 0 Å². The van der Waals surface area contributed by atoms with Gasteiger partial charge in [0.1, 0.15) is 0 Å². The quantitative estimate of drug-likeness (QED) is 0.464. The zero-order valence-electron chi connectivity index (χ0n) is 17.7. The number of ether oxygens (including phenoxy) is 1. The molecule has 0 atom stereocenters. The van der Waals surface area contributed by atoms with Gasteiger partial charge in [0.25, 0.3) is 5.91 Å². The number of fused-ring (bicyclic) bond motifs is 1. The second-order valence-corrected chi connectivity index (χ2v) is 8.96. The number of nitrogens with zero attached hydrogens (tertiary/aromatic N) is 2. The summed E-state index contributed by atoms with van der Waals surface area (Å²) in [6.07, 6.45) is 3.53. The standard InChI is InChI=1S/C23H26N2O5S/c1-3-24(4-2)31(28,29)20-12-9-18(10-13-20)11-14-23(27)30-17-22(26)25-16-15-19-7-5-6-8-21(19)25/h5-14H,3-4,15-17H2,1-2H3/b14-11+. The van der Waals surface area contributed by atoms with E-state index < -0.39 is 16.0 Å². The van der Waals surface area contributed by atoms with Gasteiger partial charge in [0.05, 0.1) is 4.90 Å². The maximum absolute atomic E-state index is 12.5. The molecule has 0 N–H and O–H groups in total. The van der Waals surface area contributed by atoms with E-state index in [2.05, 4.69) is 0 Å². The minimum atomic E-state index is -3.52. The molecular formula is C23H26N2O5S. The predicted molar refractivity (Wildman–Crippen MR) is 119 cm³/mol. The molecule has 2 aromatic carbocycles. The van der Waals surface area contributed by atoms with Gasteiger partial charge in [-0.15, -0.1) is 0 Å². The number of sulfonamides is 1. The first-order valence-electron chi connectivity index (χ1n) is 10.2. The molecule has 0 radical (unpaired) electrons. The fourth-order valence-electron chi connectivity index (χ4n) is 3.48. The van der Waals surface area contributed by atoms with Crippen molar-refractivity contribution in [2.45, 2.75) is 25.2 Å². The van der Waals surface area contributed by atoms with E-state index in [1.807, 2.05) is 24.3 Å². The first-order valence-corrected chi connectivity index (χ1v) is 11.6. The molecule has 0 bridgehead atoms. The molecule has 3 rings (SSSR count). The van der Waals surface area contributed by atoms with Crippen molar-refractivity contribution in [1.82, 2.24) is 4.31 Å². The van der Waals surface area contributed by atoms with Gasteiger partial charge in [-0.05, 0) is 41.8 Å². The number of anilines is 1. The SMILES string of the molecule is CCN(CC)S(=O)(=O)c1ccc(/C=C/C(=O)OCC(=O)N2CCc3ccccc32)cc1. The third-order valence-electron chi connectivity index (χ3n) is 5.16. The van der Waals surface area contributed by atoms with Crippen LogP contribution in [0.4, 0.5) is 5.69 Å². The van der Waals surface area contributed by atoms with Gasteiger partial charge in [0, 0.05) is 31.4 Å². The van der Waals surface area contributed by atoms with Gasteiger partial charge in [0.15, 0.2) is 6.61 Å². The maximum atomic E-state index is 12.5. The molecule has 1 heterocycles. The molecule has 8 heteroatoms. The molecule has 0 fully saturated rings.